The molecule has 0 atom stereocenters. The fraction of sp³-hybridized carbons (Fsp3) is 0.526. The van der Waals surface area contributed by atoms with Crippen LogP contribution in [0.2, 0.25) is 0 Å². The van der Waals surface area contributed by atoms with Gasteiger partial charge in [-0.25, -0.2) is 17.5 Å². The highest BCUT2D eigenvalue weighted by Gasteiger charge is 2.32. The summed E-state index contributed by atoms with van der Waals surface area (Å²) in [5, 5.41) is 1.67. The Bertz CT molecular complexity index is 944. The minimum atomic E-state index is -3.79. The molecule has 0 unspecified atom stereocenters. The Morgan fingerprint density at radius 2 is 2.04 bits per heavy atom. The van der Waals surface area contributed by atoms with E-state index in [0.29, 0.717) is 10.8 Å². The highest BCUT2D eigenvalue weighted by molar-refractivity contribution is 7.89. The quantitative estimate of drug-likeness (QED) is 0.884. The van der Waals surface area contributed by atoms with Crippen molar-refractivity contribution in [1.82, 2.24) is 9.71 Å². The molecule has 0 saturated heterocycles. The summed E-state index contributed by atoms with van der Waals surface area (Å²) in [4.78, 5) is 4.87. The van der Waals surface area contributed by atoms with E-state index in [2.05, 4.69) is 15.8 Å². The molecule has 6 heteroatoms. The number of benzene rings is 1. The Morgan fingerprint density at radius 3 is 2.72 bits per heavy atom. The molecular formula is C19H23FN2O2S. The number of nitrogens with zero attached hydrogens (tertiary/aromatic N) is 1. The summed E-state index contributed by atoms with van der Waals surface area (Å²) in [6.07, 6.45) is 6.52. The Kier molecular flexibility index (Phi) is 3.88. The summed E-state index contributed by atoms with van der Waals surface area (Å²) in [5.74, 6) is 0.441. The van der Waals surface area contributed by atoms with E-state index in [1.54, 1.807) is 12.3 Å². The molecule has 1 heterocycles. The van der Waals surface area contributed by atoms with Crippen LogP contribution in [-0.4, -0.2) is 25.6 Å². The van der Waals surface area contributed by atoms with Crippen molar-refractivity contribution in [2.75, 3.05) is 6.54 Å². The molecule has 1 aromatic carbocycles. The van der Waals surface area contributed by atoms with Gasteiger partial charge >= 0.3 is 0 Å². The van der Waals surface area contributed by atoms with Gasteiger partial charge in [-0.05, 0) is 69.2 Å². The maximum absolute atomic E-state index is 13.9. The number of sulfonamides is 1. The van der Waals surface area contributed by atoms with E-state index in [9.17, 15) is 12.8 Å². The molecule has 0 amide bonds. The molecule has 4 nitrogen and oxygen atoms in total. The molecule has 0 aliphatic heterocycles. The lowest BCUT2D eigenvalue weighted by molar-refractivity contribution is 0.221. The van der Waals surface area contributed by atoms with Gasteiger partial charge in [-0.2, -0.15) is 0 Å². The van der Waals surface area contributed by atoms with E-state index in [4.69, 9.17) is 0 Å². The minimum Gasteiger partial charge on any atom is -0.260 e. The van der Waals surface area contributed by atoms with Crippen LogP contribution in [0.4, 0.5) is 4.39 Å². The summed E-state index contributed by atoms with van der Waals surface area (Å²) >= 11 is 0. The van der Waals surface area contributed by atoms with Crippen molar-refractivity contribution in [3.05, 3.63) is 35.2 Å². The van der Waals surface area contributed by atoms with Crippen molar-refractivity contribution >= 4 is 20.8 Å². The van der Waals surface area contributed by atoms with Crippen LogP contribution in [0.3, 0.4) is 0 Å². The third kappa shape index (κ3) is 3.17. The lowest BCUT2D eigenvalue weighted by atomic mass is 10.0. The molecule has 1 aromatic heterocycles. The van der Waals surface area contributed by atoms with Crippen molar-refractivity contribution in [1.29, 1.82) is 0 Å². The summed E-state index contributed by atoms with van der Waals surface area (Å²) in [5.41, 5.74) is 1.41. The summed E-state index contributed by atoms with van der Waals surface area (Å²) in [6, 6.07) is 3.92. The van der Waals surface area contributed by atoms with Gasteiger partial charge in [0.2, 0.25) is 10.0 Å². The zero-order valence-corrected chi connectivity index (χ0v) is 15.4. The largest absolute Gasteiger partial charge is 0.260 e. The summed E-state index contributed by atoms with van der Waals surface area (Å²) < 4.78 is 42.4. The van der Waals surface area contributed by atoms with Crippen molar-refractivity contribution in [3.63, 3.8) is 0 Å². The van der Waals surface area contributed by atoms with Gasteiger partial charge in [0.05, 0.1) is 10.6 Å². The maximum atomic E-state index is 13.9. The number of hydrogen-bond acceptors (Lipinski definition) is 3. The molecular weight excluding hydrogens is 339 g/mol. The fourth-order valence-electron chi connectivity index (χ4n) is 3.69. The van der Waals surface area contributed by atoms with E-state index in [1.807, 2.05) is 0 Å². The molecule has 2 aliphatic rings. The van der Waals surface area contributed by atoms with E-state index in [1.165, 1.54) is 13.8 Å². The molecule has 1 N–H and O–H groups in total. The number of pyridine rings is 1. The average Bonchev–Trinajstić information content (AvgIpc) is 3.27. The number of fused-ring (bicyclic) bond motifs is 2. The predicted octanol–water partition coefficient (Wildman–Crippen LogP) is 3.63. The molecule has 134 valence electrons. The van der Waals surface area contributed by atoms with Crippen LogP contribution >= 0.6 is 0 Å². The number of hydrogen-bond donors (Lipinski definition) is 1. The first-order valence-electron chi connectivity index (χ1n) is 8.88. The van der Waals surface area contributed by atoms with Crippen LogP contribution in [0.15, 0.2) is 23.2 Å². The Labute approximate surface area is 147 Å². The van der Waals surface area contributed by atoms with E-state index < -0.39 is 15.7 Å². The van der Waals surface area contributed by atoms with Gasteiger partial charge in [-0.3, -0.25) is 4.98 Å². The fourth-order valence-corrected chi connectivity index (χ4v) is 5.39. The summed E-state index contributed by atoms with van der Waals surface area (Å²) in [7, 11) is -3.79. The number of nitrogens with one attached hydrogen (secondary N) is 1. The zero-order chi connectivity index (χ0) is 17.8. The van der Waals surface area contributed by atoms with E-state index >= 15 is 0 Å². The summed E-state index contributed by atoms with van der Waals surface area (Å²) in [6.45, 7) is 2.51. The second kappa shape index (κ2) is 5.74. The second-order valence-corrected chi connectivity index (χ2v) is 9.51. The van der Waals surface area contributed by atoms with Crippen LogP contribution in [0.25, 0.3) is 10.8 Å². The standard InChI is InChI=1S/C19H23FN2O2S/c1-19(2,20)11-22-25(23,24)18-14-5-3-4-13(14)10-16-15(18)8-9-21-17(16)12-6-7-12/h8-10,12,22H,3-7,11H2,1-2H3. The average molecular weight is 362 g/mol. The van der Waals surface area contributed by atoms with Gasteiger partial charge in [0, 0.05) is 29.4 Å². The van der Waals surface area contributed by atoms with Gasteiger partial charge < -0.3 is 0 Å². The lowest BCUT2D eigenvalue weighted by Gasteiger charge is -2.19. The molecule has 25 heavy (non-hydrogen) atoms. The van der Waals surface area contributed by atoms with Gasteiger partial charge in [0.1, 0.15) is 5.67 Å². The van der Waals surface area contributed by atoms with E-state index in [-0.39, 0.29) is 6.54 Å². The maximum Gasteiger partial charge on any atom is 0.241 e. The second-order valence-electron chi connectivity index (χ2n) is 7.81. The topological polar surface area (TPSA) is 59.1 Å². The molecule has 2 aromatic rings. The molecule has 0 spiro atoms. The highest BCUT2D eigenvalue weighted by atomic mass is 32.2. The van der Waals surface area contributed by atoms with Crippen molar-refractivity contribution in [2.24, 2.45) is 0 Å². The smallest absolute Gasteiger partial charge is 0.241 e. The van der Waals surface area contributed by atoms with Crippen LogP contribution in [0.5, 0.6) is 0 Å². The minimum absolute atomic E-state index is 0.235. The first kappa shape index (κ1) is 16.9. The number of alkyl halides is 1. The molecule has 0 bridgehead atoms. The van der Waals surface area contributed by atoms with Crippen LogP contribution in [0, 0.1) is 0 Å². The van der Waals surface area contributed by atoms with Gasteiger partial charge in [-0.15, -0.1) is 0 Å². The van der Waals surface area contributed by atoms with Gasteiger partial charge in [-0.1, -0.05) is 0 Å². The third-order valence-electron chi connectivity index (χ3n) is 5.03. The van der Waals surface area contributed by atoms with E-state index in [0.717, 1.165) is 59.7 Å². The Balaban J connectivity index is 1.92. The molecule has 1 fully saturated rings. The molecule has 1 saturated carbocycles. The predicted molar refractivity (Wildman–Crippen MR) is 96.1 cm³/mol. The SMILES string of the molecule is CC(C)(F)CNS(=O)(=O)c1c2c(cc3c(C4CC4)nccc13)CCC2. The zero-order valence-electron chi connectivity index (χ0n) is 14.6. The molecule has 0 radical (unpaired) electrons. The van der Waals surface area contributed by atoms with Crippen LogP contribution in [-0.2, 0) is 22.9 Å². The monoisotopic (exact) mass is 362 g/mol. The van der Waals surface area contributed by atoms with Crippen LogP contribution in [0.1, 0.15) is 55.8 Å². The van der Waals surface area contributed by atoms with Crippen molar-refractivity contribution < 1.29 is 12.8 Å². The number of aromatic nitrogens is 1. The Hall–Kier alpha value is -1.53. The number of aryl methyl sites for hydroxylation is 1. The first-order valence-corrected chi connectivity index (χ1v) is 10.4. The molecule has 4 rings (SSSR count). The molecule has 2 aliphatic carbocycles. The Morgan fingerprint density at radius 1 is 1.28 bits per heavy atom. The highest BCUT2D eigenvalue weighted by Crippen LogP contribution is 2.44. The van der Waals surface area contributed by atoms with Gasteiger partial charge in [0.25, 0.3) is 0 Å². The van der Waals surface area contributed by atoms with Gasteiger partial charge in [0.15, 0.2) is 0 Å². The number of rotatable bonds is 5. The number of halogens is 1. The third-order valence-corrected chi connectivity index (χ3v) is 6.56. The van der Waals surface area contributed by atoms with Crippen molar-refractivity contribution in [3.8, 4) is 0 Å². The first-order chi connectivity index (χ1) is 11.8. The van der Waals surface area contributed by atoms with Crippen molar-refractivity contribution in [2.45, 2.75) is 62.4 Å². The lowest BCUT2D eigenvalue weighted by Crippen LogP contribution is -2.35. The normalized spacial score (nSPS) is 17.9. The van der Waals surface area contributed by atoms with Crippen LogP contribution < -0.4 is 4.72 Å².